The van der Waals surface area contributed by atoms with Gasteiger partial charge in [-0.25, -0.2) is 4.99 Å². The third-order valence-electron chi connectivity index (χ3n) is 3.78. The molecule has 0 saturated heterocycles. The maximum absolute atomic E-state index is 13.6. The number of alkyl halides is 6. The molecule has 0 atom stereocenters. The van der Waals surface area contributed by atoms with Crippen molar-refractivity contribution < 1.29 is 31.1 Å². The average molecular weight is 429 g/mol. The highest BCUT2D eigenvalue weighted by Crippen LogP contribution is 2.48. The number of amidine groups is 1. The minimum absolute atomic E-state index is 0.132. The molecule has 0 spiro atoms. The fourth-order valence-corrected chi connectivity index (χ4v) is 2.41. The van der Waals surface area contributed by atoms with Crippen LogP contribution in [0.5, 0.6) is 0 Å². The molecule has 6 nitrogen and oxygen atoms in total. The van der Waals surface area contributed by atoms with Gasteiger partial charge in [0.25, 0.3) is 0 Å². The van der Waals surface area contributed by atoms with Gasteiger partial charge < -0.3 is 15.8 Å². The third kappa shape index (κ3) is 4.21. The molecule has 0 aliphatic carbocycles. The zero-order valence-electron chi connectivity index (χ0n) is 14.9. The maximum Gasteiger partial charge on any atom is 0.443 e. The van der Waals surface area contributed by atoms with Gasteiger partial charge in [-0.05, 0) is 24.3 Å². The van der Waals surface area contributed by atoms with Gasteiger partial charge in [-0.3, -0.25) is 0 Å². The van der Waals surface area contributed by atoms with Crippen molar-refractivity contribution in [3.63, 3.8) is 0 Å². The van der Waals surface area contributed by atoms with E-state index in [0.717, 1.165) is 0 Å². The van der Waals surface area contributed by atoms with Gasteiger partial charge >= 0.3 is 24.0 Å². The first-order chi connectivity index (χ1) is 14.0. The highest BCUT2D eigenvalue weighted by molar-refractivity contribution is 6.07. The number of nitrogens with zero attached hydrogens (tertiary/aromatic N) is 3. The Bertz CT molecular complexity index is 970. The molecule has 1 aliphatic rings. The van der Waals surface area contributed by atoms with Crippen LogP contribution in [0.4, 0.5) is 32.0 Å². The zero-order chi connectivity index (χ0) is 22.0. The number of ether oxygens (including phenoxy) is 1. The van der Waals surface area contributed by atoms with Crippen LogP contribution < -0.4 is 11.1 Å². The van der Waals surface area contributed by atoms with Crippen LogP contribution >= 0.6 is 0 Å². The fraction of sp³-hybridized carbons (Fsp3) is 0.167. The van der Waals surface area contributed by atoms with Crippen molar-refractivity contribution in [1.29, 1.82) is 0 Å². The molecule has 2 aromatic rings. The summed E-state index contributed by atoms with van der Waals surface area (Å²) in [6.45, 7) is 0. The second-order valence-electron chi connectivity index (χ2n) is 5.94. The Morgan fingerprint density at radius 1 is 0.867 bits per heavy atom. The van der Waals surface area contributed by atoms with E-state index in [1.807, 2.05) is 0 Å². The number of hydrogen-bond acceptors (Lipinski definition) is 4. The molecule has 0 saturated carbocycles. The molecule has 158 valence electrons. The number of aliphatic imine (C=N–C) groups is 3. The van der Waals surface area contributed by atoms with E-state index in [2.05, 4.69) is 20.3 Å². The lowest BCUT2D eigenvalue weighted by atomic mass is 10.1. The van der Waals surface area contributed by atoms with E-state index >= 15 is 0 Å². The van der Waals surface area contributed by atoms with Crippen molar-refractivity contribution >= 4 is 23.6 Å². The van der Waals surface area contributed by atoms with Crippen molar-refractivity contribution in [2.45, 2.75) is 18.0 Å². The van der Waals surface area contributed by atoms with Crippen molar-refractivity contribution in [2.75, 3.05) is 5.32 Å². The number of rotatable bonds is 2. The fourth-order valence-electron chi connectivity index (χ4n) is 2.41. The number of para-hydroxylation sites is 1. The number of nitrogens with one attached hydrogen (secondary N) is 1. The van der Waals surface area contributed by atoms with Crippen LogP contribution in [-0.2, 0) is 4.74 Å². The van der Waals surface area contributed by atoms with E-state index in [9.17, 15) is 26.3 Å². The number of nitrogens with two attached hydrogens (primary N) is 1. The molecule has 3 N–H and O–H groups in total. The summed E-state index contributed by atoms with van der Waals surface area (Å²) in [5.74, 6) is -1.49. The van der Waals surface area contributed by atoms with E-state index < -0.39 is 35.9 Å². The van der Waals surface area contributed by atoms with Crippen molar-refractivity contribution in [3.05, 3.63) is 66.2 Å². The summed E-state index contributed by atoms with van der Waals surface area (Å²) in [6, 6.07) is 13.6. The van der Waals surface area contributed by atoms with E-state index in [4.69, 9.17) is 10.5 Å². The summed E-state index contributed by atoms with van der Waals surface area (Å²) < 4.78 is 86.3. The number of halogens is 6. The predicted octanol–water partition coefficient (Wildman–Crippen LogP) is 4.07. The largest absolute Gasteiger partial charge is 0.443 e. The Kier molecular flexibility index (Phi) is 5.42. The van der Waals surface area contributed by atoms with Gasteiger partial charge in [0.15, 0.2) is 0 Å². The number of hydrogen-bond donors (Lipinski definition) is 2. The van der Waals surface area contributed by atoms with Crippen molar-refractivity contribution in [3.8, 4) is 0 Å². The Morgan fingerprint density at radius 2 is 1.40 bits per heavy atom. The van der Waals surface area contributed by atoms with Gasteiger partial charge in [-0.2, -0.15) is 36.3 Å². The zero-order valence-corrected chi connectivity index (χ0v) is 14.9. The Balaban J connectivity index is 2.08. The lowest BCUT2D eigenvalue weighted by molar-refractivity contribution is -0.293. The first-order valence-corrected chi connectivity index (χ1v) is 8.24. The Labute approximate surface area is 165 Å². The molecule has 0 radical (unpaired) electrons. The Morgan fingerprint density at radius 3 is 1.93 bits per heavy atom. The van der Waals surface area contributed by atoms with Gasteiger partial charge in [-0.1, -0.05) is 36.4 Å². The smallest absolute Gasteiger partial charge is 0.405 e. The van der Waals surface area contributed by atoms with Crippen LogP contribution in [0.1, 0.15) is 5.56 Å². The van der Waals surface area contributed by atoms with Gasteiger partial charge in [0.1, 0.15) is 0 Å². The second kappa shape index (κ2) is 7.69. The molecule has 1 aliphatic heterocycles. The van der Waals surface area contributed by atoms with Crippen LogP contribution in [-0.4, -0.2) is 35.9 Å². The monoisotopic (exact) mass is 429 g/mol. The maximum atomic E-state index is 13.6. The summed E-state index contributed by atoms with van der Waals surface area (Å²) in [6.07, 6.45) is -11.8. The topological polar surface area (TPSA) is 84.4 Å². The summed E-state index contributed by atoms with van der Waals surface area (Å²) in [5.41, 5.74) is 1.07. The summed E-state index contributed by atoms with van der Waals surface area (Å²) in [5, 5.41) is 2.51. The molecule has 0 fully saturated rings. The number of guanidine groups is 1. The standard InChI is InChI=1S/C18H13F6N5O/c19-17(20,21)16(18(22,23)24)28-13(11-7-3-1-4-8-11)30-15(29-16)27-14(25)26-12-9-5-2-6-10-12/h1-10H,(H3,25,26,27,29). The first-order valence-electron chi connectivity index (χ1n) is 8.24. The van der Waals surface area contributed by atoms with Gasteiger partial charge in [0.2, 0.25) is 11.9 Å². The SMILES string of the molecule is N/C(=N/C1=NC(C(F)(F)F)(C(F)(F)F)N=C(c2ccccc2)O1)Nc1ccccc1. The molecule has 30 heavy (non-hydrogen) atoms. The van der Waals surface area contributed by atoms with Crippen LogP contribution in [0.15, 0.2) is 75.6 Å². The molecule has 2 aromatic carbocycles. The molecule has 0 aromatic heterocycles. The summed E-state index contributed by atoms with van der Waals surface area (Å²) in [7, 11) is 0. The van der Waals surface area contributed by atoms with Crippen LogP contribution in [0, 0.1) is 0 Å². The minimum Gasteiger partial charge on any atom is -0.405 e. The lowest BCUT2D eigenvalue weighted by Crippen LogP contribution is -2.56. The lowest BCUT2D eigenvalue weighted by Gasteiger charge is -2.33. The van der Waals surface area contributed by atoms with E-state index in [-0.39, 0.29) is 5.56 Å². The van der Waals surface area contributed by atoms with Crippen LogP contribution in [0.2, 0.25) is 0 Å². The van der Waals surface area contributed by atoms with Crippen molar-refractivity contribution in [1.82, 2.24) is 0 Å². The molecule has 0 unspecified atom stereocenters. The van der Waals surface area contributed by atoms with E-state index in [1.165, 1.54) is 30.3 Å². The second-order valence-corrected chi connectivity index (χ2v) is 5.94. The molecular formula is C18H13F6N5O. The number of benzene rings is 2. The van der Waals surface area contributed by atoms with Crippen molar-refractivity contribution in [2.24, 2.45) is 20.7 Å². The first kappa shape index (κ1) is 21.1. The van der Waals surface area contributed by atoms with Gasteiger partial charge in [0.05, 0.1) is 0 Å². The number of anilines is 1. The quantitative estimate of drug-likeness (QED) is 0.429. The highest BCUT2D eigenvalue weighted by atomic mass is 19.4. The average Bonchev–Trinajstić information content (AvgIpc) is 2.67. The minimum atomic E-state index is -5.92. The summed E-state index contributed by atoms with van der Waals surface area (Å²) in [4.78, 5) is 8.92. The predicted molar refractivity (Wildman–Crippen MR) is 98.0 cm³/mol. The Hall–Kier alpha value is -3.57. The van der Waals surface area contributed by atoms with Gasteiger partial charge in [0, 0.05) is 11.3 Å². The normalized spacial score (nSPS) is 16.9. The van der Waals surface area contributed by atoms with Crippen LogP contribution in [0.25, 0.3) is 0 Å². The van der Waals surface area contributed by atoms with Crippen LogP contribution in [0.3, 0.4) is 0 Å². The molecule has 0 amide bonds. The summed E-state index contributed by atoms with van der Waals surface area (Å²) >= 11 is 0. The third-order valence-corrected chi connectivity index (χ3v) is 3.78. The van der Waals surface area contributed by atoms with Gasteiger partial charge in [-0.15, -0.1) is 0 Å². The molecule has 0 bridgehead atoms. The highest BCUT2D eigenvalue weighted by Gasteiger charge is 2.74. The molecule has 12 heteroatoms. The van der Waals surface area contributed by atoms with E-state index in [0.29, 0.717) is 5.69 Å². The van der Waals surface area contributed by atoms with E-state index in [1.54, 1.807) is 30.3 Å². The molecule has 1 heterocycles. The molecule has 3 rings (SSSR count). The molecular weight excluding hydrogens is 416 g/mol.